The largest absolute Gasteiger partial charge is 0.0725 e. The van der Waals surface area contributed by atoms with E-state index in [-0.39, 0.29) is 21.7 Å². The van der Waals surface area contributed by atoms with Crippen LogP contribution in [-0.2, 0) is 21.7 Å². The fourth-order valence-electron chi connectivity index (χ4n) is 15.9. The molecule has 0 saturated carbocycles. The van der Waals surface area contributed by atoms with Crippen LogP contribution in [0.4, 0.5) is 0 Å². The Hall–Kier alpha value is -8.58. The van der Waals surface area contributed by atoms with Crippen LogP contribution in [0, 0.1) is 0 Å². The zero-order chi connectivity index (χ0) is 49.0. The van der Waals surface area contributed by atoms with Gasteiger partial charge in [0, 0.05) is 10.8 Å². The zero-order valence-electron chi connectivity index (χ0n) is 41.9. The van der Waals surface area contributed by atoms with Gasteiger partial charge in [0.2, 0.25) is 0 Å². The van der Waals surface area contributed by atoms with Crippen molar-refractivity contribution < 1.29 is 0 Å². The molecule has 0 aliphatic heterocycles. The third-order valence-electron chi connectivity index (χ3n) is 19.1. The van der Waals surface area contributed by atoms with E-state index >= 15 is 0 Å². The topological polar surface area (TPSA) is 0 Å². The number of fused-ring (bicyclic) bond motifs is 26. The molecule has 6 aliphatic rings. The van der Waals surface area contributed by atoms with Crippen molar-refractivity contribution in [2.45, 2.75) is 49.4 Å². The molecule has 0 bridgehead atoms. The van der Waals surface area contributed by atoms with Gasteiger partial charge in [0.05, 0.1) is 10.8 Å². The molecule has 0 N–H and O–H groups in total. The van der Waals surface area contributed by atoms with Gasteiger partial charge >= 0.3 is 0 Å². The van der Waals surface area contributed by atoms with E-state index in [0.717, 1.165) is 0 Å². The van der Waals surface area contributed by atoms with Crippen LogP contribution in [0.2, 0.25) is 0 Å². The molecule has 0 atom stereocenters. The molecule has 11 aromatic rings. The molecule has 0 fully saturated rings. The fourth-order valence-corrected chi connectivity index (χ4v) is 15.9. The number of rotatable bonds is 2. The molecule has 0 heteroatoms. The second-order valence-electron chi connectivity index (χ2n) is 23.0. The van der Waals surface area contributed by atoms with Crippen molar-refractivity contribution in [1.82, 2.24) is 0 Å². The van der Waals surface area contributed by atoms with Gasteiger partial charge in [-0.3, -0.25) is 0 Å². The standard InChI is InChI=1S/C74H50/c1-71(2)65-37-43(45-29-33-53-51-21-9-15-27-63(51)73(69(53)39-45)59-23-11-5-17-47(59)48-18-6-12-24-60(48)73)31-35-55(65)57-42-68-58(41-67(57)71)56-36-32-44(38-66(56)72(68,3)4)46-30-34-54-52-22-10-16-28-64(52)74(70(54)40-46)61-25-13-7-19-49(61)50-20-8-14-26-62(50)74/h5-42H,1-4H3. The summed E-state index contributed by atoms with van der Waals surface area (Å²) in [6.45, 7) is 9.77. The van der Waals surface area contributed by atoms with Gasteiger partial charge in [-0.15, -0.1) is 0 Å². The molecular formula is C74H50. The van der Waals surface area contributed by atoms with Crippen LogP contribution in [0.25, 0.3) is 89.0 Å². The number of hydrogen-bond donors (Lipinski definition) is 0. The molecule has 0 amide bonds. The van der Waals surface area contributed by atoms with Gasteiger partial charge < -0.3 is 0 Å². The SMILES string of the molecule is CC1(C)c2cc(-c3ccc4c(c3)C3(c5ccccc5-c5ccccc53)c3ccccc3-4)ccc2-c2cc3c(cc21)-c1ccc(-c2ccc4c(c2)C2(c5ccccc5-c5ccccc52)c2ccccc2-4)cc1C3(C)C. The van der Waals surface area contributed by atoms with Crippen LogP contribution in [0.1, 0.15) is 94.5 Å². The summed E-state index contributed by atoms with van der Waals surface area (Å²) in [4.78, 5) is 0. The first-order valence-corrected chi connectivity index (χ1v) is 26.6. The maximum Gasteiger partial charge on any atom is 0.0725 e. The highest BCUT2D eigenvalue weighted by Gasteiger charge is 2.53. The summed E-state index contributed by atoms with van der Waals surface area (Å²) in [6.07, 6.45) is 0. The second-order valence-corrected chi connectivity index (χ2v) is 23.0. The summed E-state index contributed by atoms with van der Waals surface area (Å²) in [5, 5.41) is 0. The Morgan fingerprint density at radius 3 is 0.649 bits per heavy atom. The van der Waals surface area contributed by atoms with Crippen molar-refractivity contribution in [3.05, 3.63) is 297 Å². The minimum atomic E-state index is -0.363. The van der Waals surface area contributed by atoms with Crippen LogP contribution in [0.15, 0.2) is 231 Å². The first-order chi connectivity index (χ1) is 36.2. The minimum absolute atomic E-state index is 0.185. The highest BCUT2D eigenvalue weighted by Crippen LogP contribution is 2.65. The van der Waals surface area contributed by atoms with E-state index in [9.17, 15) is 0 Å². The first kappa shape index (κ1) is 41.0. The summed E-state index contributed by atoms with van der Waals surface area (Å²) in [5.74, 6) is 0. The van der Waals surface area contributed by atoms with Crippen molar-refractivity contribution in [2.75, 3.05) is 0 Å². The highest BCUT2D eigenvalue weighted by atomic mass is 14.5. The van der Waals surface area contributed by atoms with Crippen molar-refractivity contribution in [1.29, 1.82) is 0 Å². The van der Waals surface area contributed by atoms with E-state index in [1.165, 1.54) is 156 Å². The Morgan fingerprint density at radius 2 is 0.378 bits per heavy atom. The monoisotopic (exact) mass is 938 g/mol. The van der Waals surface area contributed by atoms with Crippen molar-refractivity contribution >= 4 is 0 Å². The van der Waals surface area contributed by atoms with E-state index in [4.69, 9.17) is 0 Å². The predicted octanol–water partition coefficient (Wildman–Crippen LogP) is 18.3. The molecule has 346 valence electrons. The zero-order valence-corrected chi connectivity index (χ0v) is 41.9. The van der Waals surface area contributed by atoms with Gasteiger partial charge in [-0.2, -0.15) is 0 Å². The summed E-state index contributed by atoms with van der Waals surface area (Å²) in [5.41, 5.74) is 36.8. The Labute approximate surface area is 433 Å². The normalized spacial score (nSPS) is 16.3. The van der Waals surface area contributed by atoms with Gasteiger partial charge in [0.25, 0.3) is 0 Å². The van der Waals surface area contributed by atoms with Crippen molar-refractivity contribution in [3.63, 3.8) is 0 Å². The van der Waals surface area contributed by atoms with E-state index in [1.54, 1.807) is 0 Å². The van der Waals surface area contributed by atoms with E-state index < -0.39 is 0 Å². The molecule has 74 heavy (non-hydrogen) atoms. The highest BCUT2D eigenvalue weighted by molar-refractivity contribution is 5.99. The average Bonchev–Trinajstić information content (AvgIpc) is 4.23. The molecule has 17 rings (SSSR count). The number of benzene rings is 11. The molecule has 0 unspecified atom stereocenters. The van der Waals surface area contributed by atoms with Gasteiger partial charge in [-0.05, 0) is 192 Å². The summed E-state index contributed by atoms with van der Waals surface area (Å²) in [7, 11) is 0. The molecule has 2 spiro atoms. The van der Waals surface area contributed by atoms with Crippen molar-refractivity contribution in [2.24, 2.45) is 0 Å². The van der Waals surface area contributed by atoms with Crippen LogP contribution in [0.5, 0.6) is 0 Å². The summed E-state index contributed by atoms with van der Waals surface area (Å²) >= 11 is 0. The molecule has 11 aromatic carbocycles. The Bertz CT molecular complexity index is 3970. The molecular weight excluding hydrogens is 889 g/mol. The smallest absolute Gasteiger partial charge is 0.0619 e. The molecule has 0 heterocycles. The van der Waals surface area contributed by atoms with Gasteiger partial charge in [-0.1, -0.05) is 222 Å². The summed E-state index contributed by atoms with van der Waals surface area (Å²) < 4.78 is 0. The maximum atomic E-state index is 2.56. The first-order valence-electron chi connectivity index (χ1n) is 26.6. The third-order valence-corrected chi connectivity index (χ3v) is 19.1. The van der Waals surface area contributed by atoms with E-state index in [1.807, 2.05) is 0 Å². The quantitative estimate of drug-likeness (QED) is 0.162. The summed E-state index contributed by atoms with van der Waals surface area (Å²) in [6, 6.07) is 89.0. The second kappa shape index (κ2) is 13.7. The van der Waals surface area contributed by atoms with E-state index in [0.29, 0.717) is 0 Å². The van der Waals surface area contributed by atoms with Gasteiger partial charge in [0.1, 0.15) is 0 Å². The molecule has 0 aromatic heterocycles. The molecule has 0 saturated heterocycles. The number of hydrogen-bond acceptors (Lipinski definition) is 0. The minimum Gasteiger partial charge on any atom is -0.0619 e. The molecule has 6 aliphatic carbocycles. The van der Waals surface area contributed by atoms with Crippen LogP contribution >= 0.6 is 0 Å². The van der Waals surface area contributed by atoms with Crippen LogP contribution < -0.4 is 0 Å². The lowest BCUT2D eigenvalue weighted by atomic mass is 9.70. The Kier molecular flexibility index (Phi) is 7.59. The van der Waals surface area contributed by atoms with Crippen LogP contribution in [0.3, 0.4) is 0 Å². The van der Waals surface area contributed by atoms with Crippen molar-refractivity contribution in [3.8, 4) is 89.0 Å². The lowest BCUT2D eigenvalue weighted by Crippen LogP contribution is -2.25. The molecule has 0 nitrogen and oxygen atoms in total. The fraction of sp³-hybridized carbons (Fsp3) is 0.108. The Morgan fingerprint density at radius 1 is 0.176 bits per heavy atom. The lowest BCUT2D eigenvalue weighted by Gasteiger charge is -2.30. The third kappa shape index (κ3) is 4.69. The lowest BCUT2D eigenvalue weighted by molar-refractivity contribution is 0.652. The predicted molar refractivity (Wildman–Crippen MR) is 305 cm³/mol. The van der Waals surface area contributed by atoms with Gasteiger partial charge in [-0.25, -0.2) is 0 Å². The average molecular weight is 939 g/mol. The van der Waals surface area contributed by atoms with Crippen LogP contribution in [-0.4, -0.2) is 0 Å². The Balaban J connectivity index is 0.759. The van der Waals surface area contributed by atoms with E-state index in [2.05, 4.69) is 258 Å². The van der Waals surface area contributed by atoms with Gasteiger partial charge in [0.15, 0.2) is 0 Å². The molecule has 0 radical (unpaired) electrons. The maximum absolute atomic E-state index is 2.56.